The highest BCUT2D eigenvalue weighted by Crippen LogP contribution is 2.50. The van der Waals surface area contributed by atoms with E-state index >= 15 is 0 Å². The highest BCUT2D eigenvalue weighted by molar-refractivity contribution is 5.89. The van der Waals surface area contributed by atoms with Gasteiger partial charge in [0.2, 0.25) is 0 Å². The van der Waals surface area contributed by atoms with Crippen LogP contribution in [0, 0.1) is 29.5 Å². The van der Waals surface area contributed by atoms with E-state index in [2.05, 4.69) is 25.1 Å². The first-order chi connectivity index (χ1) is 13.6. The molecule has 2 atom stereocenters. The topological polar surface area (TPSA) is 105 Å². The van der Waals surface area contributed by atoms with Crippen molar-refractivity contribution in [1.29, 1.82) is 0 Å². The minimum Gasteiger partial charge on any atom is -0.481 e. The Morgan fingerprint density at radius 1 is 1.18 bits per heavy atom. The summed E-state index contributed by atoms with van der Waals surface area (Å²) in [5.74, 6) is -0.639. The van der Waals surface area contributed by atoms with E-state index in [0.717, 1.165) is 37.6 Å². The molecule has 2 N–H and O–H groups in total. The van der Waals surface area contributed by atoms with Crippen LogP contribution in [0.5, 0.6) is 0 Å². The second-order valence-electron chi connectivity index (χ2n) is 7.93. The fraction of sp³-hybridized carbons (Fsp3) is 0.450. The Kier molecular flexibility index (Phi) is 4.07. The zero-order chi connectivity index (χ0) is 19.3. The number of carboxylic acid groups (broad SMARTS) is 1. The van der Waals surface area contributed by atoms with Gasteiger partial charge < -0.3 is 5.11 Å². The second kappa shape index (κ2) is 6.61. The van der Waals surface area contributed by atoms with Gasteiger partial charge in [-0.3, -0.25) is 14.9 Å². The lowest BCUT2D eigenvalue weighted by Crippen LogP contribution is -2.45. The number of fused-ring (bicyclic) bond motifs is 4. The van der Waals surface area contributed by atoms with Crippen LogP contribution in [-0.4, -0.2) is 36.2 Å². The number of nitrogens with one attached hydrogen (secondary N) is 1. The van der Waals surface area contributed by atoms with Crippen molar-refractivity contribution in [2.24, 2.45) is 23.7 Å². The van der Waals surface area contributed by atoms with Crippen LogP contribution in [0.2, 0.25) is 0 Å². The van der Waals surface area contributed by atoms with Gasteiger partial charge in [0.05, 0.1) is 35.1 Å². The summed E-state index contributed by atoms with van der Waals surface area (Å²) in [5, 5.41) is 17.3. The molecule has 0 spiro atoms. The van der Waals surface area contributed by atoms with E-state index in [-0.39, 0.29) is 17.8 Å². The number of nitrogens with zero attached hydrogens (tertiary/aromatic N) is 4. The van der Waals surface area contributed by atoms with Crippen molar-refractivity contribution < 1.29 is 14.3 Å². The zero-order valence-electron chi connectivity index (χ0n) is 15.2. The van der Waals surface area contributed by atoms with Crippen molar-refractivity contribution in [1.82, 2.24) is 25.1 Å². The standard InChI is InChI=1S/C20H20FN5O2/c21-12-5-15-18(25-26-19(15)23-7-12)16-9-22-8-13(24-16)6-14-10-1-3-11(4-2-10)17(14)20(27)28/h5,7-11,14,17H,1-4,6H2,(H,27,28)(H,23,25,26)/t10?,11?,14-,17-/m0/s1. The van der Waals surface area contributed by atoms with E-state index in [1.807, 2.05) is 0 Å². The van der Waals surface area contributed by atoms with Crippen LogP contribution in [-0.2, 0) is 11.2 Å². The van der Waals surface area contributed by atoms with Gasteiger partial charge in [0.15, 0.2) is 5.65 Å². The fourth-order valence-corrected chi connectivity index (χ4v) is 5.19. The number of hydrogen-bond donors (Lipinski definition) is 2. The molecule has 3 aliphatic carbocycles. The van der Waals surface area contributed by atoms with Crippen LogP contribution in [0.1, 0.15) is 31.4 Å². The summed E-state index contributed by atoms with van der Waals surface area (Å²) >= 11 is 0. The van der Waals surface area contributed by atoms with E-state index < -0.39 is 11.8 Å². The molecule has 2 bridgehead atoms. The molecule has 0 radical (unpaired) electrons. The monoisotopic (exact) mass is 381 g/mol. The molecule has 0 saturated heterocycles. The highest BCUT2D eigenvalue weighted by atomic mass is 19.1. The molecule has 8 heteroatoms. The first-order valence-corrected chi connectivity index (χ1v) is 9.64. The number of carboxylic acids is 1. The Morgan fingerprint density at radius 2 is 1.96 bits per heavy atom. The van der Waals surface area contributed by atoms with Gasteiger partial charge in [0.1, 0.15) is 11.5 Å². The Morgan fingerprint density at radius 3 is 2.75 bits per heavy atom. The zero-order valence-corrected chi connectivity index (χ0v) is 15.2. The normalized spacial score (nSPS) is 26.6. The molecule has 3 saturated carbocycles. The van der Waals surface area contributed by atoms with Gasteiger partial charge in [0, 0.05) is 6.20 Å². The molecule has 0 unspecified atom stereocenters. The quantitative estimate of drug-likeness (QED) is 0.719. The first-order valence-electron chi connectivity index (χ1n) is 9.64. The van der Waals surface area contributed by atoms with E-state index in [1.54, 1.807) is 12.4 Å². The van der Waals surface area contributed by atoms with Crippen LogP contribution in [0.15, 0.2) is 24.7 Å². The molecule has 0 amide bonds. The number of aliphatic carboxylic acids is 1. The third-order valence-electron chi connectivity index (χ3n) is 6.44. The van der Waals surface area contributed by atoms with Crippen molar-refractivity contribution in [2.45, 2.75) is 32.1 Å². The maximum Gasteiger partial charge on any atom is 0.307 e. The van der Waals surface area contributed by atoms with Gasteiger partial charge in [0.25, 0.3) is 0 Å². The van der Waals surface area contributed by atoms with E-state index in [1.165, 1.54) is 6.07 Å². The summed E-state index contributed by atoms with van der Waals surface area (Å²) in [5.41, 5.74) is 2.30. The molecule has 3 aliphatic rings. The Hall–Kier alpha value is -2.90. The SMILES string of the molecule is O=C(O)[C@H]1C2CCC(CC2)[C@@H]1Cc1cncc(-c2[nH]nc3ncc(F)cc23)n1. The molecular weight excluding hydrogens is 361 g/mol. The molecule has 3 heterocycles. The van der Waals surface area contributed by atoms with Crippen LogP contribution in [0.3, 0.4) is 0 Å². The van der Waals surface area contributed by atoms with Gasteiger partial charge in [-0.05, 0) is 55.9 Å². The molecule has 3 fully saturated rings. The molecule has 28 heavy (non-hydrogen) atoms. The Balaban J connectivity index is 1.47. The molecule has 0 aliphatic heterocycles. The van der Waals surface area contributed by atoms with Crippen LogP contribution < -0.4 is 0 Å². The summed E-state index contributed by atoms with van der Waals surface area (Å²) in [6.45, 7) is 0. The molecule has 144 valence electrons. The molecule has 3 aromatic rings. The molecule has 6 rings (SSSR count). The summed E-state index contributed by atoms with van der Waals surface area (Å²) < 4.78 is 13.6. The van der Waals surface area contributed by atoms with Gasteiger partial charge in [-0.1, -0.05) is 0 Å². The number of aromatic amines is 1. The van der Waals surface area contributed by atoms with Gasteiger partial charge in [-0.2, -0.15) is 5.10 Å². The van der Waals surface area contributed by atoms with E-state index in [4.69, 9.17) is 0 Å². The fourth-order valence-electron chi connectivity index (χ4n) is 5.19. The second-order valence-corrected chi connectivity index (χ2v) is 7.93. The van der Waals surface area contributed by atoms with Gasteiger partial charge in [-0.25, -0.2) is 14.4 Å². The van der Waals surface area contributed by atoms with Crippen LogP contribution >= 0.6 is 0 Å². The Labute approximate surface area is 160 Å². The molecule has 3 aromatic heterocycles. The number of hydrogen-bond acceptors (Lipinski definition) is 5. The highest BCUT2D eigenvalue weighted by Gasteiger charge is 2.47. The summed E-state index contributed by atoms with van der Waals surface area (Å²) in [6, 6.07) is 1.37. The van der Waals surface area contributed by atoms with E-state index in [9.17, 15) is 14.3 Å². The summed E-state index contributed by atoms with van der Waals surface area (Å²) in [4.78, 5) is 24.8. The number of halogens is 1. The van der Waals surface area contributed by atoms with Crippen molar-refractivity contribution in [2.75, 3.05) is 0 Å². The average Bonchev–Trinajstić information content (AvgIpc) is 3.12. The van der Waals surface area contributed by atoms with Crippen molar-refractivity contribution in [3.63, 3.8) is 0 Å². The third kappa shape index (κ3) is 2.83. The first kappa shape index (κ1) is 17.2. The van der Waals surface area contributed by atoms with Crippen molar-refractivity contribution >= 4 is 17.0 Å². The number of rotatable bonds is 4. The maximum absolute atomic E-state index is 13.6. The number of pyridine rings is 1. The minimum absolute atomic E-state index is 0.0900. The number of aromatic nitrogens is 5. The lowest BCUT2D eigenvalue weighted by molar-refractivity contribution is -0.152. The van der Waals surface area contributed by atoms with Crippen LogP contribution in [0.4, 0.5) is 4.39 Å². The Bertz CT molecular complexity index is 1040. The smallest absolute Gasteiger partial charge is 0.307 e. The number of H-pyrrole nitrogens is 1. The molecule has 0 aromatic carbocycles. The summed E-state index contributed by atoms with van der Waals surface area (Å²) in [7, 11) is 0. The average molecular weight is 381 g/mol. The maximum atomic E-state index is 13.6. The lowest BCUT2D eigenvalue weighted by atomic mass is 9.57. The third-order valence-corrected chi connectivity index (χ3v) is 6.44. The van der Waals surface area contributed by atoms with Gasteiger partial charge in [-0.15, -0.1) is 0 Å². The minimum atomic E-state index is -0.690. The summed E-state index contributed by atoms with van der Waals surface area (Å²) in [6.07, 6.45) is 9.25. The van der Waals surface area contributed by atoms with Crippen molar-refractivity contribution in [3.05, 3.63) is 36.2 Å². The van der Waals surface area contributed by atoms with Crippen LogP contribution in [0.25, 0.3) is 22.4 Å². The predicted octanol–water partition coefficient (Wildman–Crippen LogP) is 3.23. The predicted molar refractivity (Wildman–Crippen MR) is 98.6 cm³/mol. The van der Waals surface area contributed by atoms with Crippen molar-refractivity contribution in [3.8, 4) is 11.4 Å². The van der Waals surface area contributed by atoms with E-state index in [0.29, 0.717) is 34.8 Å². The molecular formula is C20H20FN5O2. The lowest BCUT2D eigenvalue weighted by Gasteiger charge is -2.46. The number of carbonyl (C=O) groups is 1. The largest absolute Gasteiger partial charge is 0.481 e. The van der Waals surface area contributed by atoms with Gasteiger partial charge >= 0.3 is 5.97 Å². The molecule has 7 nitrogen and oxygen atoms in total.